The van der Waals surface area contributed by atoms with Crippen LogP contribution in [0.15, 0.2) is 30.3 Å². The van der Waals surface area contributed by atoms with Crippen LogP contribution in [0.1, 0.15) is 18.4 Å². The summed E-state index contributed by atoms with van der Waals surface area (Å²) in [7, 11) is 0. The van der Waals surface area contributed by atoms with Crippen LogP contribution in [0.2, 0.25) is 0 Å². The van der Waals surface area contributed by atoms with Crippen molar-refractivity contribution in [3.8, 4) is 0 Å². The van der Waals surface area contributed by atoms with Gasteiger partial charge in [-0.1, -0.05) is 30.3 Å². The fourth-order valence-corrected chi connectivity index (χ4v) is 1.65. The highest BCUT2D eigenvalue weighted by atomic mass is 16.2. The minimum Gasteiger partial charge on any atom is -0.352 e. The van der Waals surface area contributed by atoms with Crippen molar-refractivity contribution in [2.45, 2.75) is 25.3 Å². The van der Waals surface area contributed by atoms with Crippen LogP contribution in [-0.4, -0.2) is 17.7 Å². The minimum atomic E-state index is -0.00120. The van der Waals surface area contributed by atoms with Crippen molar-refractivity contribution in [1.82, 2.24) is 5.32 Å². The highest BCUT2D eigenvalue weighted by Crippen LogP contribution is 2.14. The van der Waals surface area contributed by atoms with Crippen molar-refractivity contribution in [1.29, 1.82) is 0 Å². The van der Waals surface area contributed by atoms with Gasteiger partial charge in [0.2, 0.25) is 5.91 Å². The number of Topliss-reactive ketones (excluding diaryl/α,β-unsaturated/α-hetero) is 1. The third-order valence-electron chi connectivity index (χ3n) is 2.52. The van der Waals surface area contributed by atoms with Gasteiger partial charge in [0.25, 0.3) is 0 Å². The zero-order chi connectivity index (χ0) is 10.7. The Labute approximate surface area is 88.5 Å². The van der Waals surface area contributed by atoms with Crippen LogP contribution >= 0.6 is 0 Å². The molecule has 78 valence electrons. The fourth-order valence-electron chi connectivity index (χ4n) is 1.65. The van der Waals surface area contributed by atoms with Gasteiger partial charge in [-0.25, -0.2) is 0 Å². The topological polar surface area (TPSA) is 46.2 Å². The molecule has 3 nitrogen and oxygen atoms in total. The molecule has 1 fully saturated rings. The summed E-state index contributed by atoms with van der Waals surface area (Å²) in [6.07, 6.45) is 1.40. The molecule has 1 aromatic rings. The van der Waals surface area contributed by atoms with Crippen LogP contribution in [0.3, 0.4) is 0 Å². The number of rotatable bonds is 3. The van der Waals surface area contributed by atoms with Crippen molar-refractivity contribution < 1.29 is 9.59 Å². The minimum absolute atomic E-state index is 0.00120. The monoisotopic (exact) mass is 203 g/mol. The first-order chi connectivity index (χ1) is 7.24. The molecule has 15 heavy (non-hydrogen) atoms. The van der Waals surface area contributed by atoms with Crippen LogP contribution in [0.4, 0.5) is 0 Å². The Bertz CT molecular complexity index is 364. The molecule has 0 radical (unpaired) electrons. The quantitative estimate of drug-likeness (QED) is 0.799. The maximum Gasteiger partial charge on any atom is 0.224 e. The van der Waals surface area contributed by atoms with Gasteiger partial charge < -0.3 is 5.32 Å². The molecule has 2 rings (SSSR count). The smallest absolute Gasteiger partial charge is 0.224 e. The number of amides is 1. The number of carbonyl (C=O) groups is 2. The Balaban J connectivity index is 1.80. The molecule has 0 unspecified atom stereocenters. The van der Waals surface area contributed by atoms with Crippen molar-refractivity contribution >= 4 is 11.7 Å². The van der Waals surface area contributed by atoms with Gasteiger partial charge in [-0.05, 0) is 5.56 Å². The molecule has 1 amide bonds. The summed E-state index contributed by atoms with van der Waals surface area (Å²) in [5.74, 6) is 0.235. The van der Waals surface area contributed by atoms with E-state index in [9.17, 15) is 9.59 Å². The summed E-state index contributed by atoms with van der Waals surface area (Å²) in [4.78, 5) is 22.2. The number of hydrogen-bond donors (Lipinski definition) is 1. The predicted molar refractivity (Wildman–Crippen MR) is 56.3 cm³/mol. The Morgan fingerprint density at radius 3 is 2.53 bits per heavy atom. The molecule has 0 bridgehead atoms. The zero-order valence-electron chi connectivity index (χ0n) is 8.40. The first kappa shape index (κ1) is 9.90. The molecule has 1 N–H and O–H groups in total. The number of hydrogen-bond acceptors (Lipinski definition) is 2. The van der Waals surface area contributed by atoms with Gasteiger partial charge in [0.05, 0.1) is 6.42 Å². The standard InChI is InChI=1S/C12H13NO2/c14-11-7-10(8-11)13-12(15)6-9-4-2-1-3-5-9/h1-5,10H,6-8H2,(H,13,15). The highest BCUT2D eigenvalue weighted by Gasteiger charge is 2.27. The first-order valence-corrected chi connectivity index (χ1v) is 5.09. The maximum atomic E-state index is 11.5. The average Bonchev–Trinajstić information content (AvgIpc) is 2.17. The fraction of sp³-hybridized carbons (Fsp3) is 0.333. The molecule has 1 saturated carbocycles. The van der Waals surface area contributed by atoms with Crippen molar-refractivity contribution in [3.05, 3.63) is 35.9 Å². The Morgan fingerprint density at radius 1 is 1.27 bits per heavy atom. The molecule has 0 aliphatic heterocycles. The SMILES string of the molecule is O=C1CC(NC(=O)Cc2ccccc2)C1. The summed E-state index contributed by atoms with van der Waals surface area (Å²) >= 11 is 0. The number of ketones is 1. The Morgan fingerprint density at radius 2 is 1.93 bits per heavy atom. The van der Waals surface area contributed by atoms with Crippen LogP contribution in [0.5, 0.6) is 0 Å². The lowest BCUT2D eigenvalue weighted by molar-refractivity contribution is -0.128. The van der Waals surface area contributed by atoms with Gasteiger partial charge in [-0.2, -0.15) is 0 Å². The van der Waals surface area contributed by atoms with Gasteiger partial charge in [0, 0.05) is 18.9 Å². The molecular formula is C12H13NO2. The third kappa shape index (κ3) is 2.65. The summed E-state index contributed by atoms with van der Waals surface area (Å²) in [5, 5.41) is 2.84. The van der Waals surface area contributed by atoms with Crippen LogP contribution in [-0.2, 0) is 16.0 Å². The maximum absolute atomic E-state index is 11.5. The van der Waals surface area contributed by atoms with E-state index in [1.165, 1.54) is 0 Å². The summed E-state index contributed by atoms with van der Waals surface area (Å²) in [6, 6.07) is 9.67. The van der Waals surface area contributed by atoms with Gasteiger partial charge in [0.15, 0.2) is 0 Å². The van der Waals surface area contributed by atoms with Gasteiger partial charge in [0.1, 0.15) is 5.78 Å². The van der Waals surface area contributed by atoms with Gasteiger partial charge >= 0.3 is 0 Å². The van der Waals surface area contributed by atoms with E-state index in [0.717, 1.165) is 5.56 Å². The van der Waals surface area contributed by atoms with Crippen molar-refractivity contribution in [3.63, 3.8) is 0 Å². The highest BCUT2D eigenvalue weighted by molar-refractivity contribution is 5.88. The van der Waals surface area contributed by atoms with Gasteiger partial charge in [-0.15, -0.1) is 0 Å². The number of benzene rings is 1. The molecule has 3 heteroatoms. The summed E-state index contributed by atoms with van der Waals surface area (Å²) < 4.78 is 0. The lowest BCUT2D eigenvalue weighted by Crippen LogP contribution is -2.45. The summed E-state index contributed by atoms with van der Waals surface area (Å²) in [6.45, 7) is 0. The second-order valence-corrected chi connectivity index (χ2v) is 3.87. The van der Waals surface area contributed by atoms with E-state index in [-0.39, 0.29) is 17.7 Å². The second kappa shape index (κ2) is 4.26. The normalized spacial score (nSPS) is 15.9. The van der Waals surface area contributed by atoms with E-state index < -0.39 is 0 Å². The van der Waals surface area contributed by atoms with Crippen LogP contribution in [0, 0.1) is 0 Å². The molecule has 0 atom stereocenters. The van der Waals surface area contributed by atoms with E-state index in [2.05, 4.69) is 5.32 Å². The molecular weight excluding hydrogens is 190 g/mol. The Hall–Kier alpha value is -1.64. The predicted octanol–water partition coefficient (Wildman–Crippen LogP) is 1.08. The molecule has 0 saturated heterocycles. The molecule has 0 spiro atoms. The van der Waals surface area contributed by atoms with E-state index in [4.69, 9.17) is 0 Å². The van der Waals surface area contributed by atoms with E-state index in [0.29, 0.717) is 19.3 Å². The summed E-state index contributed by atoms with van der Waals surface area (Å²) in [5.41, 5.74) is 1.00. The zero-order valence-corrected chi connectivity index (χ0v) is 8.40. The lowest BCUT2D eigenvalue weighted by Gasteiger charge is -2.25. The molecule has 0 aromatic heterocycles. The average molecular weight is 203 g/mol. The van der Waals surface area contributed by atoms with Crippen molar-refractivity contribution in [2.75, 3.05) is 0 Å². The first-order valence-electron chi connectivity index (χ1n) is 5.09. The molecule has 1 aliphatic rings. The van der Waals surface area contributed by atoms with E-state index >= 15 is 0 Å². The largest absolute Gasteiger partial charge is 0.352 e. The van der Waals surface area contributed by atoms with Crippen molar-refractivity contribution in [2.24, 2.45) is 0 Å². The molecule has 1 aromatic carbocycles. The third-order valence-corrected chi connectivity index (χ3v) is 2.52. The molecule has 1 aliphatic carbocycles. The van der Waals surface area contributed by atoms with Gasteiger partial charge in [-0.3, -0.25) is 9.59 Å². The molecule has 0 heterocycles. The van der Waals surface area contributed by atoms with E-state index in [1.807, 2.05) is 30.3 Å². The Kier molecular flexibility index (Phi) is 2.81. The number of nitrogens with one attached hydrogen (secondary N) is 1. The van der Waals surface area contributed by atoms with Crippen LogP contribution < -0.4 is 5.32 Å². The lowest BCUT2D eigenvalue weighted by atomic mass is 9.91. The van der Waals surface area contributed by atoms with E-state index in [1.54, 1.807) is 0 Å². The second-order valence-electron chi connectivity index (χ2n) is 3.87. The van der Waals surface area contributed by atoms with Crippen LogP contribution in [0.25, 0.3) is 0 Å². The number of carbonyl (C=O) groups excluding carboxylic acids is 2.